The number of aromatic amines is 1. The van der Waals surface area contributed by atoms with Crippen molar-refractivity contribution >= 4 is 17.4 Å². The number of likely N-dealkylation sites (tertiary alicyclic amines) is 1. The van der Waals surface area contributed by atoms with Gasteiger partial charge in [0.15, 0.2) is 0 Å². The van der Waals surface area contributed by atoms with E-state index in [4.69, 9.17) is 4.74 Å². The first-order valence-corrected chi connectivity index (χ1v) is 11.0. The number of H-pyrrole nitrogens is 1. The van der Waals surface area contributed by atoms with Gasteiger partial charge in [0, 0.05) is 30.9 Å². The van der Waals surface area contributed by atoms with Crippen LogP contribution in [0.2, 0.25) is 0 Å². The summed E-state index contributed by atoms with van der Waals surface area (Å²) in [6.07, 6.45) is 10.4. The van der Waals surface area contributed by atoms with Crippen LogP contribution in [0.25, 0.3) is 5.76 Å². The van der Waals surface area contributed by atoms with E-state index in [9.17, 15) is 14.7 Å². The fourth-order valence-corrected chi connectivity index (χ4v) is 3.96. The molecule has 0 aliphatic carbocycles. The number of pyridine rings is 1. The van der Waals surface area contributed by atoms with Crippen LogP contribution in [0.15, 0.2) is 73.1 Å². The van der Waals surface area contributed by atoms with Gasteiger partial charge < -0.3 is 14.7 Å². The first kappa shape index (κ1) is 22.3. The van der Waals surface area contributed by atoms with Gasteiger partial charge in [0.2, 0.25) is 6.33 Å². The summed E-state index contributed by atoms with van der Waals surface area (Å²) in [6, 6.07) is 9.73. The molecule has 8 nitrogen and oxygen atoms in total. The van der Waals surface area contributed by atoms with Crippen molar-refractivity contribution in [3.8, 4) is 5.75 Å². The Balaban J connectivity index is 1.66. The van der Waals surface area contributed by atoms with Crippen LogP contribution in [-0.2, 0) is 16.1 Å². The zero-order valence-corrected chi connectivity index (χ0v) is 18.5. The number of rotatable bonds is 9. The van der Waals surface area contributed by atoms with Gasteiger partial charge in [-0.05, 0) is 42.3 Å². The van der Waals surface area contributed by atoms with Crippen molar-refractivity contribution in [3.05, 3.63) is 84.2 Å². The van der Waals surface area contributed by atoms with Gasteiger partial charge in [0.25, 0.3) is 11.7 Å². The van der Waals surface area contributed by atoms with Crippen LogP contribution in [0.4, 0.5) is 0 Å². The van der Waals surface area contributed by atoms with E-state index in [1.807, 2.05) is 36.3 Å². The molecule has 3 aromatic rings. The van der Waals surface area contributed by atoms with Gasteiger partial charge in [-0.25, -0.2) is 4.57 Å². The topological polar surface area (TPSA) is 99.4 Å². The van der Waals surface area contributed by atoms with E-state index in [1.54, 1.807) is 42.7 Å². The molecule has 8 heteroatoms. The quantitative estimate of drug-likeness (QED) is 0.227. The monoisotopic (exact) mass is 447 g/mol. The number of aromatic nitrogens is 3. The number of ether oxygens (including phenoxy) is 1. The van der Waals surface area contributed by atoms with Gasteiger partial charge in [-0.2, -0.15) is 0 Å². The maximum atomic E-state index is 13.0. The van der Waals surface area contributed by atoms with E-state index >= 15 is 0 Å². The molecule has 1 aliphatic rings. The molecule has 1 saturated heterocycles. The minimum atomic E-state index is -0.703. The molecule has 1 unspecified atom stereocenters. The molecule has 0 radical (unpaired) electrons. The minimum Gasteiger partial charge on any atom is -0.507 e. The summed E-state index contributed by atoms with van der Waals surface area (Å²) < 4.78 is 7.57. The first-order chi connectivity index (χ1) is 16.1. The molecule has 2 N–H and O–H groups in total. The Morgan fingerprint density at radius 3 is 2.73 bits per heavy atom. The molecule has 0 bridgehead atoms. The van der Waals surface area contributed by atoms with Crippen LogP contribution >= 0.6 is 0 Å². The number of ketones is 1. The van der Waals surface area contributed by atoms with E-state index in [2.05, 4.69) is 9.97 Å². The van der Waals surface area contributed by atoms with E-state index in [1.165, 1.54) is 4.90 Å². The second kappa shape index (κ2) is 10.1. The van der Waals surface area contributed by atoms with Crippen molar-refractivity contribution in [1.29, 1.82) is 0 Å². The summed E-state index contributed by atoms with van der Waals surface area (Å²) in [5.41, 5.74) is 1.20. The van der Waals surface area contributed by atoms with Crippen LogP contribution in [0, 0.1) is 0 Å². The maximum absolute atomic E-state index is 13.0. The molecular formula is C25H27N4O4+. The van der Waals surface area contributed by atoms with Crippen molar-refractivity contribution < 1.29 is 24.0 Å². The van der Waals surface area contributed by atoms with E-state index in [-0.39, 0.29) is 11.3 Å². The number of imidazole rings is 1. The van der Waals surface area contributed by atoms with Gasteiger partial charge in [0.05, 0.1) is 24.8 Å². The Morgan fingerprint density at radius 2 is 2.06 bits per heavy atom. The van der Waals surface area contributed by atoms with Crippen molar-refractivity contribution in [2.45, 2.75) is 32.4 Å². The summed E-state index contributed by atoms with van der Waals surface area (Å²) in [5.74, 6) is -0.832. The molecule has 33 heavy (non-hydrogen) atoms. The van der Waals surface area contributed by atoms with Crippen molar-refractivity contribution in [1.82, 2.24) is 14.9 Å². The average molecular weight is 448 g/mol. The van der Waals surface area contributed by atoms with Crippen molar-refractivity contribution in [3.63, 3.8) is 0 Å². The lowest BCUT2D eigenvalue weighted by Crippen LogP contribution is -2.36. The summed E-state index contributed by atoms with van der Waals surface area (Å²) in [7, 11) is 0. The Morgan fingerprint density at radius 1 is 1.24 bits per heavy atom. The van der Waals surface area contributed by atoms with Crippen LogP contribution < -0.4 is 9.30 Å². The zero-order valence-electron chi connectivity index (χ0n) is 18.5. The van der Waals surface area contributed by atoms with E-state index < -0.39 is 17.7 Å². The van der Waals surface area contributed by atoms with Gasteiger partial charge >= 0.3 is 0 Å². The number of aliphatic hydroxyl groups is 1. The summed E-state index contributed by atoms with van der Waals surface area (Å²) in [4.78, 5) is 34.7. The number of carbonyl (C=O) groups is 2. The Bertz CT molecular complexity index is 1120. The lowest BCUT2D eigenvalue weighted by molar-refractivity contribution is -0.695. The normalized spacial score (nSPS) is 17.5. The van der Waals surface area contributed by atoms with Crippen molar-refractivity contribution in [2.24, 2.45) is 0 Å². The average Bonchev–Trinajstić information content (AvgIpc) is 3.45. The molecule has 4 rings (SSSR count). The fourth-order valence-electron chi connectivity index (χ4n) is 3.96. The number of nitrogens with one attached hydrogen (secondary N) is 1. The predicted molar refractivity (Wildman–Crippen MR) is 121 cm³/mol. The van der Waals surface area contributed by atoms with Gasteiger partial charge in [-0.1, -0.05) is 13.0 Å². The van der Waals surface area contributed by atoms with Crippen molar-refractivity contribution in [2.75, 3.05) is 13.2 Å². The molecule has 2 aromatic heterocycles. The molecule has 0 spiro atoms. The minimum absolute atomic E-state index is 0.0736. The van der Waals surface area contributed by atoms with Gasteiger partial charge in [-0.15, -0.1) is 0 Å². The molecule has 1 amide bonds. The number of carbonyl (C=O) groups excluding carboxylic acids is 2. The molecule has 1 fully saturated rings. The number of Topliss-reactive ketones (excluding diaryl/α,β-unsaturated/α-hetero) is 1. The van der Waals surface area contributed by atoms with E-state index in [0.29, 0.717) is 43.0 Å². The summed E-state index contributed by atoms with van der Waals surface area (Å²) >= 11 is 0. The highest BCUT2D eigenvalue weighted by Gasteiger charge is 2.45. The third-order valence-corrected chi connectivity index (χ3v) is 5.56. The molecule has 1 atom stereocenters. The Hall–Kier alpha value is -3.94. The fraction of sp³-hybridized carbons (Fsp3) is 0.280. The van der Waals surface area contributed by atoms with Crippen LogP contribution in [-0.4, -0.2) is 44.8 Å². The zero-order chi connectivity index (χ0) is 23.2. The van der Waals surface area contributed by atoms with Crippen LogP contribution in [0.1, 0.15) is 36.9 Å². The Kier molecular flexibility index (Phi) is 6.83. The van der Waals surface area contributed by atoms with Gasteiger partial charge in [0.1, 0.15) is 23.9 Å². The maximum Gasteiger partial charge on any atom is 0.295 e. The number of aliphatic hydroxyl groups excluding tert-OH is 1. The molecule has 3 heterocycles. The first-order valence-electron chi connectivity index (χ1n) is 11.0. The summed E-state index contributed by atoms with van der Waals surface area (Å²) in [5, 5.41) is 11.1. The number of amides is 1. The predicted octanol–water partition coefficient (Wildman–Crippen LogP) is 3.00. The number of nitrogens with zero attached hydrogens (tertiary/aromatic N) is 3. The Labute approximate surface area is 192 Å². The number of aryl methyl sites for hydroxylation is 1. The highest BCUT2D eigenvalue weighted by atomic mass is 16.5. The molecule has 1 aliphatic heterocycles. The standard InChI is InChI=1S/C25H26N4O4/c1-2-15-33-20-8-6-18(7-9-20)23(30)21-22(19-5-3-10-26-16-19)29(25(32)24(21)31)13-4-12-28-14-11-27-17-28/h3,5-11,14,16-17,22H,2,4,12-13,15H2,1H3,(H,30,31)/p+1. The third-order valence-electron chi connectivity index (χ3n) is 5.56. The smallest absolute Gasteiger partial charge is 0.295 e. The van der Waals surface area contributed by atoms with Crippen LogP contribution in [0.5, 0.6) is 5.75 Å². The number of hydrogen-bond donors (Lipinski definition) is 2. The molecular weight excluding hydrogens is 420 g/mol. The lowest BCUT2D eigenvalue weighted by atomic mass is 9.96. The second-order valence-corrected chi connectivity index (χ2v) is 7.85. The third kappa shape index (κ3) is 4.79. The highest BCUT2D eigenvalue weighted by molar-refractivity contribution is 6.46. The number of hydrogen-bond acceptors (Lipinski definition) is 5. The lowest BCUT2D eigenvalue weighted by Gasteiger charge is -2.24. The molecule has 1 aromatic carbocycles. The highest BCUT2D eigenvalue weighted by Crippen LogP contribution is 2.39. The molecule has 170 valence electrons. The SMILES string of the molecule is CCCOc1ccc(/C(O)=C2\C(=O)C(=O)N(CCC[n+]3cc[nH]c3)C2c2cccnc2)cc1. The second-order valence-electron chi connectivity index (χ2n) is 7.85. The van der Waals surface area contributed by atoms with Crippen LogP contribution in [0.3, 0.4) is 0 Å². The molecule has 0 saturated carbocycles. The largest absolute Gasteiger partial charge is 0.507 e. The summed E-state index contributed by atoms with van der Waals surface area (Å²) in [6.45, 7) is 3.67. The van der Waals surface area contributed by atoms with Gasteiger partial charge in [-0.3, -0.25) is 19.6 Å². The number of benzene rings is 1. The van der Waals surface area contributed by atoms with E-state index in [0.717, 1.165) is 6.42 Å².